The monoisotopic (exact) mass is 308 g/mol. The SMILES string of the molecule is COc1ccc(OC(=O)CCCCC(=O)OCC(C)C)cc1. The van der Waals surface area contributed by atoms with E-state index in [-0.39, 0.29) is 18.4 Å². The maximum atomic E-state index is 11.7. The van der Waals surface area contributed by atoms with E-state index >= 15 is 0 Å². The smallest absolute Gasteiger partial charge is 0.311 e. The molecule has 1 aromatic carbocycles. The van der Waals surface area contributed by atoms with E-state index in [1.165, 1.54) is 0 Å². The number of unbranched alkanes of at least 4 members (excludes halogenated alkanes) is 1. The van der Waals surface area contributed by atoms with Crippen LogP contribution < -0.4 is 9.47 Å². The van der Waals surface area contributed by atoms with Crippen molar-refractivity contribution in [2.45, 2.75) is 39.5 Å². The highest BCUT2D eigenvalue weighted by Crippen LogP contribution is 2.17. The van der Waals surface area contributed by atoms with Crippen LogP contribution in [0.15, 0.2) is 24.3 Å². The lowest BCUT2D eigenvalue weighted by Gasteiger charge is -2.07. The van der Waals surface area contributed by atoms with Gasteiger partial charge in [0.1, 0.15) is 11.5 Å². The third kappa shape index (κ3) is 7.67. The Hall–Kier alpha value is -2.04. The molecule has 0 saturated heterocycles. The summed E-state index contributed by atoms with van der Waals surface area (Å²) in [5.41, 5.74) is 0. The first-order valence-corrected chi connectivity index (χ1v) is 7.51. The Bertz CT molecular complexity index is 464. The predicted octanol–water partition coefficient (Wildman–Crippen LogP) is 3.36. The van der Waals surface area contributed by atoms with E-state index in [9.17, 15) is 9.59 Å². The van der Waals surface area contributed by atoms with Crippen molar-refractivity contribution in [1.82, 2.24) is 0 Å². The fraction of sp³-hybridized carbons (Fsp3) is 0.529. The predicted molar refractivity (Wildman–Crippen MR) is 82.9 cm³/mol. The molecule has 0 fully saturated rings. The molecule has 0 aliphatic carbocycles. The lowest BCUT2D eigenvalue weighted by Crippen LogP contribution is -2.10. The van der Waals surface area contributed by atoms with Gasteiger partial charge >= 0.3 is 11.9 Å². The summed E-state index contributed by atoms with van der Waals surface area (Å²) in [7, 11) is 1.58. The number of hydrogen-bond donors (Lipinski definition) is 0. The minimum atomic E-state index is -0.305. The first kappa shape index (κ1) is 18.0. The molecule has 1 aromatic rings. The standard InChI is InChI=1S/C17H24O5/c1-13(2)12-21-16(18)6-4-5-7-17(19)22-15-10-8-14(20-3)9-11-15/h8-11,13H,4-7,12H2,1-3H3. The van der Waals surface area contributed by atoms with Crippen LogP contribution in [-0.2, 0) is 14.3 Å². The molecule has 0 aliphatic heterocycles. The van der Waals surface area contributed by atoms with E-state index in [0.717, 1.165) is 0 Å². The summed E-state index contributed by atoms with van der Waals surface area (Å²) in [5.74, 6) is 1.02. The fourth-order valence-corrected chi connectivity index (χ4v) is 1.70. The van der Waals surface area contributed by atoms with Gasteiger partial charge in [0.25, 0.3) is 0 Å². The molecule has 122 valence electrons. The van der Waals surface area contributed by atoms with Gasteiger partial charge in [-0.2, -0.15) is 0 Å². The highest BCUT2D eigenvalue weighted by molar-refractivity contribution is 5.72. The summed E-state index contributed by atoms with van der Waals surface area (Å²) in [5, 5.41) is 0. The zero-order chi connectivity index (χ0) is 16.4. The van der Waals surface area contributed by atoms with Crippen molar-refractivity contribution >= 4 is 11.9 Å². The molecule has 0 unspecified atom stereocenters. The number of carbonyl (C=O) groups excluding carboxylic acids is 2. The van der Waals surface area contributed by atoms with Gasteiger partial charge in [-0.25, -0.2) is 0 Å². The molecule has 0 bridgehead atoms. The molecule has 0 aliphatic rings. The third-order valence-corrected chi connectivity index (χ3v) is 2.88. The van der Waals surface area contributed by atoms with Crippen LogP contribution in [0.2, 0.25) is 0 Å². The summed E-state index contributed by atoms with van der Waals surface area (Å²) in [6, 6.07) is 6.82. The van der Waals surface area contributed by atoms with Gasteiger partial charge in [-0.15, -0.1) is 0 Å². The van der Waals surface area contributed by atoms with Crippen molar-refractivity contribution in [3.63, 3.8) is 0 Å². The maximum absolute atomic E-state index is 11.7. The van der Waals surface area contributed by atoms with Crippen LogP contribution in [0, 0.1) is 5.92 Å². The van der Waals surface area contributed by atoms with Crippen molar-refractivity contribution in [2.75, 3.05) is 13.7 Å². The zero-order valence-electron chi connectivity index (χ0n) is 13.5. The number of methoxy groups -OCH3 is 1. The van der Waals surface area contributed by atoms with Crippen molar-refractivity contribution in [3.05, 3.63) is 24.3 Å². The number of carbonyl (C=O) groups is 2. The van der Waals surface area contributed by atoms with Crippen molar-refractivity contribution < 1.29 is 23.8 Å². The van der Waals surface area contributed by atoms with Crippen LogP contribution in [-0.4, -0.2) is 25.7 Å². The highest BCUT2D eigenvalue weighted by Gasteiger charge is 2.08. The van der Waals surface area contributed by atoms with E-state index in [0.29, 0.717) is 43.3 Å². The molecule has 0 N–H and O–H groups in total. The molecular formula is C17H24O5. The Morgan fingerprint density at radius 2 is 1.50 bits per heavy atom. The second kappa shape index (κ2) is 9.82. The number of esters is 2. The largest absolute Gasteiger partial charge is 0.497 e. The Kier molecular flexibility index (Phi) is 8.04. The van der Waals surface area contributed by atoms with E-state index in [1.54, 1.807) is 31.4 Å². The Morgan fingerprint density at radius 1 is 0.955 bits per heavy atom. The molecular weight excluding hydrogens is 284 g/mol. The number of rotatable bonds is 9. The van der Waals surface area contributed by atoms with Gasteiger partial charge in [-0.1, -0.05) is 13.8 Å². The fourth-order valence-electron chi connectivity index (χ4n) is 1.70. The first-order chi connectivity index (χ1) is 10.5. The lowest BCUT2D eigenvalue weighted by molar-refractivity contribution is -0.145. The summed E-state index contributed by atoms with van der Waals surface area (Å²) in [6.45, 7) is 4.42. The normalized spacial score (nSPS) is 10.4. The number of benzene rings is 1. The molecule has 0 amide bonds. The second-order valence-electron chi connectivity index (χ2n) is 5.43. The van der Waals surface area contributed by atoms with Crippen molar-refractivity contribution in [2.24, 2.45) is 5.92 Å². The van der Waals surface area contributed by atoms with Gasteiger partial charge in [-0.3, -0.25) is 9.59 Å². The summed E-state index contributed by atoms with van der Waals surface area (Å²) >= 11 is 0. The molecule has 5 heteroatoms. The van der Waals surface area contributed by atoms with Gasteiger partial charge < -0.3 is 14.2 Å². The minimum absolute atomic E-state index is 0.211. The Morgan fingerprint density at radius 3 is 2.05 bits per heavy atom. The summed E-state index contributed by atoms with van der Waals surface area (Å²) < 4.78 is 15.3. The highest BCUT2D eigenvalue weighted by atomic mass is 16.5. The van der Waals surface area contributed by atoms with Gasteiger partial charge in [0, 0.05) is 12.8 Å². The van der Waals surface area contributed by atoms with Gasteiger partial charge in [0.15, 0.2) is 0 Å². The minimum Gasteiger partial charge on any atom is -0.497 e. The van der Waals surface area contributed by atoms with Gasteiger partial charge in [-0.05, 0) is 43.0 Å². The van der Waals surface area contributed by atoms with E-state index in [4.69, 9.17) is 14.2 Å². The van der Waals surface area contributed by atoms with Crippen molar-refractivity contribution in [3.8, 4) is 11.5 Å². The maximum Gasteiger partial charge on any atom is 0.311 e. The number of ether oxygens (including phenoxy) is 3. The zero-order valence-corrected chi connectivity index (χ0v) is 13.5. The van der Waals surface area contributed by atoms with Crippen LogP contribution in [0.5, 0.6) is 11.5 Å². The molecule has 22 heavy (non-hydrogen) atoms. The molecule has 5 nitrogen and oxygen atoms in total. The topological polar surface area (TPSA) is 61.8 Å². The second-order valence-corrected chi connectivity index (χ2v) is 5.43. The molecule has 0 heterocycles. The third-order valence-electron chi connectivity index (χ3n) is 2.88. The van der Waals surface area contributed by atoms with E-state index in [1.807, 2.05) is 13.8 Å². The van der Waals surface area contributed by atoms with Crippen LogP contribution >= 0.6 is 0 Å². The molecule has 0 aromatic heterocycles. The van der Waals surface area contributed by atoms with Gasteiger partial charge in [0.2, 0.25) is 0 Å². The molecule has 1 rings (SSSR count). The van der Waals surface area contributed by atoms with Crippen molar-refractivity contribution in [1.29, 1.82) is 0 Å². The quantitative estimate of drug-likeness (QED) is 0.398. The first-order valence-electron chi connectivity index (χ1n) is 7.51. The summed E-state index contributed by atoms with van der Waals surface area (Å²) in [6.07, 6.45) is 1.84. The summed E-state index contributed by atoms with van der Waals surface area (Å²) in [4.78, 5) is 23.1. The molecule has 0 atom stereocenters. The lowest BCUT2D eigenvalue weighted by atomic mass is 10.2. The van der Waals surface area contributed by atoms with Crippen LogP contribution in [0.3, 0.4) is 0 Å². The average molecular weight is 308 g/mol. The molecule has 0 spiro atoms. The Balaban J connectivity index is 2.16. The van der Waals surface area contributed by atoms with Crippen LogP contribution in [0.4, 0.5) is 0 Å². The van der Waals surface area contributed by atoms with Crippen LogP contribution in [0.1, 0.15) is 39.5 Å². The van der Waals surface area contributed by atoms with Gasteiger partial charge in [0.05, 0.1) is 13.7 Å². The molecule has 0 radical (unpaired) electrons. The Labute approximate surface area is 131 Å². The van der Waals surface area contributed by atoms with E-state index < -0.39 is 0 Å². The van der Waals surface area contributed by atoms with Crippen LogP contribution in [0.25, 0.3) is 0 Å². The van der Waals surface area contributed by atoms with E-state index in [2.05, 4.69) is 0 Å². The number of hydrogen-bond acceptors (Lipinski definition) is 5. The average Bonchev–Trinajstić information content (AvgIpc) is 2.50. The molecule has 0 saturated carbocycles.